The standard InChI is InChI=1S/C12H25N3/c1-14-8-4-7-12(9-13,10-14)15(2)11-5-3-6-11/h11H,3-10,13H2,1-2H3. The maximum atomic E-state index is 6.05. The number of nitrogens with zero attached hydrogens (tertiary/aromatic N) is 2. The third-order valence-corrected chi connectivity index (χ3v) is 4.50. The summed E-state index contributed by atoms with van der Waals surface area (Å²) >= 11 is 0. The quantitative estimate of drug-likeness (QED) is 0.752. The average Bonchev–Trinajstić information content (AvgIpc) is 2.15. The second kappa shape index (κ2) is 4.40. The monoisotopic (exact) mass is 211 g/mol. The largest absolute Gasteiger partial charge is 0.329 e. The Bertz CT molecular complexity index is 215. The van der Waals surface area contributed by atoms with Crippen molar-refractivity contribution in [3.63, 3.8) is 0 Å². The van der Waals surface area contributed by atoms with Crippen molar-refractivity contribution >= 4 is 0 Å². The van der Waals surface area contributed by atoms with E-state index in [9.17, 15) is 0 Å². The Morgan fingerprint density at radius 1 is 1.40 bits per heavy atom. The second-order valence-corrected chi connectivity index (χ2v) is 5.47. The first-order valence-corrected chi connectivity index (χ1v) is 6.29. The Labute approximate surface area is 93.6 Å². The van der Waals surface area contributed by atoms with Crippen molar-refractivity contribution < 1.29 is 0 Å². The summed E-state index contributed by atoms with van der Waals surface area (Å²) in [4.78, 5) is 5.03. The Morgan fingerprint density at radius 3 is 2.60 bits per heavy atom. The van der Waals surface area contributed by atoms with E-state index < -0.39 is 0 Å². The lowest BCUT2D eigenvalue weighted by Crippen LogP contribution is -2.64. The summed E-state index contributed by atoms with van der Waals surface area (Å²) in [5, 5.41) is 0. The van der Waals surface area contributed by atoms with Gasteiger partial charge >= 0.3 is 0 Å². The molecule has 15 heavy (non-hydrogen) atoms. The van der Waals surface area contributed by atoms with E-state index in [-0.39, 0.29) is 5.54 Å². The van der Waals surface area contributed by atoms with Gasteiger partial charge in [0.1, 0.15) is 0 Å². The lowest BCUT2D eigenvalue weighted by molar-refractivity contribution is -0.00835. The molecular weight excluding hydrogens is 186 g/mol. The van der Waals surface area contributed by atoms with Gasteiger partial charge in [-0.3, -0.25) is 4.90 Å². The molecule has 1 aliphatic heterocycles. The highest BCUT2D eigenvalue weighted by atomic mass is 15.3. The van der Waals surface area contributed by atoms with E-state index in [1.165, 1.54) is 38.6 Å². The first kappa shape index (κ1) is 11.4. The zero-order valence-corrected chi connectivity index (χ0v) is 10.2. The average molecular weight is 211 g/mol. The van der Waals surface area contributed by atoms with Crippen LogP contribution in [0, 0.1) is 0 Å². The SMILES string of the molecule is CN1CCCC(CN)(N(C)C2CCC2)C1. The third-order valence-electron chi connectivity index (χ3n) is 4.50. The van der Waals surface area contributed by atoms with E-state index in [0.717, 1.165) is 19.1 Å². The molecule has 1 unspecified atom stereocenters. The lowest BCUT2D eigenvalue weighted by atomic mass is 9.82. The van der Waals surface area contributed by atoms with Crippen LogP contribution in [0.1, 0.15) is 32.1 Å². The summed E-state index contributed by atoms with van der Waals surface area (Å²) < 4.78 is 0. The Hall–Kier alpha value is -0.120. The topological polar surface area (TPSA) is 32.5 Å². The summed E-state index contributed by atoms with van der Waals surface area (Å²) in [6, 6.07) is 0.806. The van der Waals surface area contributed by atoms with Gasteiger partial charge in [0.15, 0.2) is 0 Å². The van der Waals surface area contributed by atoms with Gasteiger partial charge in [-0.2, -0.15) is 0 Å². The number of rotatable bonds is 3. The molecule has 2 N–H and O–H groups in total. The number of nitrogens with two attached hydrogens (primary N) is 1. The van der Waals surface area contributed by atoms with Gasteiger partial charge < -0.3 is 10.6 Å². The number of hydrogen-bond acceptors (Lipinski definition) is 3. The smallest absolute Gasteiger partial charge is 0.0458 e. The van der Waals surface area contributed by atoms with Crippen molar-refractivity contribution in [1.82, 2.24) is 9.80 Å². The van der Waals surface area contributed by atoms with Crippen LogP contribution >= 0.6 is 0 Å². The minimum Gasteiger partial charge on any atom is -0.329 e. The predicted octanol–water partition coefficient (Wildman–Crippen LogP) is 0.894. The number of hydrogen-bond donors (Lipinski definition) is 1. The van der Waals surface area contributed by atoms with Gasteiger partial charge in [-0.1, -0.05) is 6.42 Å². The summed E-state index contributed by atoms with van der Waals surface area (Å²) in [5.74, 6) is 0. The second-order valence-electron chi connectivity index (χ2n) is 5.47. The Balaban J connectivity index is 2.04. The van der Waals surface area contributed by atoms with Gasteiger partial charge in [-0.15, -0.1) is 0 Å². The van der Waals surface area contributed by atoms with Gasteiger partial charge in [0.2, 0.25) is 0 Å². The van der Waals surface area contributed by atoms with Gasteiger partial charge in [0.05, 0.1) is 0 Å². The molecule has 0 aromatic rings. The van der Waals surface area contributed by atoms with Crippen LogP contribution in [-0.2, 0) is 0 Å². The fraction of sp³-hybridized carbons (Fsp3) is 1.00. The lowest BCUT2D eigenvalue weighted by Gasteiger charge is -2.52. The fourth-order valence-corrected chi connectivity index (χ4v) is 3.10. The van der Waals surface area contributed by atoms with Gasteiger partial charge in [0, 0.05) is 24.7 Å². The molecule has 0 radical (unpaired) electrons. The van der Waals surface area contributed by atoms with Gasteiger partial charge in [-0.05, 0) is 46.3 Å². The van der Waals surface area contributed by atoms with Crippen molar-refractivity contribution in [2.24, 2.45) is 5.73 Å². The van der Waals surface area contributed by atoms with Crippen LogP contribution in [0.15, 0.2) is 0 Å². The highest BCUT2D eigenvalue weighted by Gasteiger charge is 2.41. The van der Waals surface area contributed by atoms with E-state index in [4.69, 9.17) is 5.73 Å². The molecule has 1 atom stereocenters. The zero-order chi connectivity index (χ0) is 10.9. The van der Waals surface area contributed by atoms with Crippen LogP contribution in [0.3, 0.4) is 0 Å². The first-order chi connectivity index (χ1) is 7.18. The highest BCUT2D eigenvalue weighted by molar-refractivity contribution is 4.99. The van der Waals surface area contributed by atoms with Crippen LogP contribution in [0.2, 0.25) is 0 Å². The minimum atomic E-state index is 0.262. The summed E-state index contributed by atoms with van der Waals surface area (Å²) in [6.07, 6.45) is 6.74. The molecule has 0 aromatic carbocycles. The van der Waals surface area contributed by atoms with Crippen molar-refractivity contribution in [2.45, 2.75) is 43.7 Å². The van der Waals surface area contributed by atoms with Crippen LogP contribution in [0.5, 0.6) is 0 Å². The molecule has 0 spiro atoms. The molecule has 88 valence electrons. The Kier molecular flexibility index (Phi) is 3.33. The summed E-state index contributed by atoms with van der Waals surface area (Å²) in [6.45, 7) is 3.20. The first-order valence-electron chi connectivity index (χ1n) is 6.29. The molecule has 2 aliphatic rings. The fourth-order valence-electron chi connectivity index (χ4n) is 3.10. The molecule has 0 aromatic heterocycles. The summed E-state index contributed by atoms with van der Waals surface area (Å²) in [5.41, 5.74) is 6.31. The predicted molar refractivity (Wildman–Crippen MR) is 63.9 cm³/mol. The maximum Gasteiger partial charge on any atom is 0.0458 e. The van der Waals surface area contributed by atoms with E-state index in [1.807, 2.05) is 0 Å². The normalized spacial score (nSPS) is 34.4. The van der Waals surface area contributed by atoms with Gasteiger partial charge in [0.25, 0.3) is 0 Å². The molecule has 2 fully saturated rings. The Morgan fingerprint density at radius 2 is 2.13 bits per heavy atom. The third kappa shape index (κ3) is 2.05. The van der Waals surface area contributed by atoms with Crippen LogP contribution in [0.4, 0.5) is 0 Å². The molecule has 2 rings (SSSR count). The van der Waals surface area contributed by atoms with Gasteiger partial charge in [-0.25, -0.2) is 0 Å². The number of likely N-dealkylation sites (N-methyl/N-ethyl adjacent to an activating group) is 2. The van der Waals surface area contributed by atoms with Crippen molar-refractivity contribution in [2.75, 3.05) is 33.7 Å². The van der Waals surface area contributed by atoms with Crippen LogP contribution < -0.4 is 5.73 Å². The molecule has 1 aliphatic carbocycles. The van der Waals surface area contributed by atoms with E-state index in [0.29, 0.717) is 0 Å². The van der Waals surface area contributed by atoms with Crippen LogP contribution in [0.25, 0.3) is 0 Å². The molecule has 0 amide bonds. The zero-order valence-electron chi connectivity index (χ0n) is 10.2. The van der Waals surface area contributed by atoms with E-state index in [2.05, 4.69) is 23.9 Å². The van der Waals surface area contributed by atoms with Crippen molar-refractivity contribution in [3.8, 4) is 0 Å². The van der Waals surface area contributed by atoms with Crippen molar-refractivity contribution in [3.05, 3.63) is 0 Å². The molecule has 1 heterocycles. The van der Waals surface area contributed by atoms with E-state index in [1.54, 1.807) is 0 Å². The molecular formula is C12H25N3. The van der Waals surface area contributed by atoms with E-state index >= 15 is 0 Å². The summed E-state index contributed by atoms with van der Waals surface area (Å²) in [7, 11) is 4.51. The highest BCUT2D eigenvalue weighted by Crippen LogP contribution is 2.33. The number of piperidine rings is 1. The molecule has 3 nitrogen and oxygen atoms in total. The molecule has 1 saturated carbocycles. The number of likely N-dealkylation sites (tertiary alicyclic amines) is 1. The molecule has 1 saturated heterocycles. The maximum absolute atomic E-state index is 6.05. The minimum absolute atomic E-state index is 0.262. The molecule has 3 heteroatoms. The van der Waals surface area contributed by atoms with Crippen molar-refractivity contribution in [1.29, 1.82) is 0 Å². The van der Waals surface area contributed by atoms with Crippen LogP contribution in [-0.4, -0.2) is 55.1 Å². The molecule has 0 bridgehead atoms.